The molecule has 1 aliphatic rings. The largest absolute Gasteiger partial charge is 0.349 e. The Hall–Kier alpha value is -0.920. The van der Waals surface area contributed by atoms with Crippen LogP contribution in [0.3, 0.4) is 0 Å². The summed E-state index contributed by atoms with van der Waals surface area (Å²) in [7, 11) is -3.72. The van der Waals surface area contributed by atoms with Gasteiger partial charge in [0.15, 0.2) is 0 Å². The van der Waals surface area contributed by atoms with E-state index in [0.717, 1.165) is 24.2 Å². The van der Waals surface area contributed by atoms with Gasteiger partial charge in [-0.2, -0.15) is 0 Å². The Balaban J connectivity index is 2.28. The number of thiophene rings is 1. The van der Waals surface area contributed by atoms with Gasteiger partial charge >= 0.3 is 0 Å². The average Bonchev–Trinajstić information content (AvgIpc) is 2.85. The molecule has 7 heteroatoms. The molecular weight excluding hydrogens is 248 g/mol. The number of hydrogen-bond donors (Lipinski definition) is 2. The number of amides is 1. The maximum Gasteiger partial charge on any atom is 0.252 e. The summed E-state index contributed by atoms with van der Waals surface area (Å²) < 4.78 is 22.4. The molecule has 0 spiro atoms. The smallest absolute Gasteiger partial charge is 0.252 e. The number of sulfonamides is 1. The summed E-state index contributed by atoms with van der Waals surface area (Å²) in [5.41, 5.74) is 0.839. The minimum atomic E-state index is -3.72. The van der Waals surface area contributed by atoms with Gasteiger partial charge in [-0.3, -0.25) is 4.79 Å². The second-order valence-corrected chi connectivity index (χ2v) is 6.49. The van der Waals surface area contributed by atoms with Crippen LogP contribution in [0.25, 0.3) is 0 Å². The predicted octanol–water partition coefficient (Wildman–Crippen LogP) is 0.596. The standard InChI is InChI=1S/C9H12N2O3S2/c1-5-7(8(12)11-6-2-3-6)4-15-9(5)16(10,13)14/h4,6H,2-3H2,1H3,(H,11,12)(H2,10,13,14). The van der Waals surface area contributed by atoms with Gasteiger partial charge < -0.3 is 5.32 Å². The van der Waals surface area contributed by atoms with Crippen molar-refractivity contribution in [3.8, 4) is 0 Å². The van der Waals surface area contributed by atoms with Gasteiger partial charge in [0.25, 0.3) is 5.91 Å². The molecule has 2 rings (SSSR count). The first-order valence-electron chi connectivity index (χ1n) is 4.81. The first-order chi connectivity index (χ1) is 7.39. The lowest BCUT2D eigenvalue weighted by atomic mass is 10.2. The molecule has 5 nitrogen and oxygen atoms in total. The molecule has 0 bridgehead atoms. The number of carbonyl (C=O) groups excluding carboxylic acids is 1. The zero-order chi connectivity index (χ0) is 11.9. The summed E-state index contributed by atoms with van der Waals surface area (Å²) in [4.78, 5) is 11.7. The minimum Gasteiger partial charge on any atom is -0.349 e. The third-order valence-electron chi connectivity index (χ3n) is 2.41. The van der Waals surface area contributed by atoms with E-state index >= 15 is 0 Å². The number of hydrogen-bond acceptors (Lipinski definition) is 4. The highest BCUT2D eigenvalue weighted by Crippen LogP contribution is 2.26. The monoisotopic (exact) mass is 260 g/mol. The Morgan fingerprint density at radius 3 is 2.62 bits per heavy atom. The summed E-state index contributed by atoms with van der Waals surface area (Å²) in [5, 5.41) is 9.38. The van der Waals surface area contributed by atoms with Gasteiger partial charge in [0.2, 0.25) is 10.0 Å². The number of rotatable bonds is 3. The van der Waals surface area contributed by atoms with Gasteiger partial charge in [-0.05, 0) is 25.3 Å². The van der Waals surface area contributed by atoms with E-state index in [4.69, 9.17) is 5.14 Å². The van der Waals surface area contributed by atoms with Gasteiger partial charge in [-0.25, -0.2) is 13.6 Å². The van der Waals surface area contributed by atoms with Crippen molar-refractivity contribution in [3.05, 3.63) is 16.5 Å². The second kappa shape index (κ2) is 3.83. The van der Waals surface area contributed by atoms with Crippen molar-refractivity contribution in [3.63, 3.8) is 0 Å². The topological polar surface area (TPSA) is 89.3 Å². The van der Waals surface area contributed by atoms with E-state index in [-0.39, 0.29) is 16.2 Å². The van der Waals surface area contributed by atoms with Crippen LogP contribution in [-0.2, 0) is 10.0 Å². The number of nitrogens with one attached hydrogen (secondary N) is 1. The molecule has 1 aromatic heterocycles. The fraction of sp³-hybridized carbons (Fsp3) is 0.444. The maximum atomic E-state index is 11.7. The molecule has 3 N–H and O–H groups in total. The zero-order valence-electron chi connectivity index (χ0n) is 8.69. The number of carbonyl (C=O) groups is 1. The van der Waals surface area contributed by atoms with Crippen molar-refractivity contribution in [2.45, 2.75) is 30.0 Å². The van der Waals surface area contributed by atoms with Crippen LogP contribution in [-0.4, -0.2) is 20.4 Å². The predicted molar refractivity (Wildman–Crippen MR) is 60.9 cm³/mol. The molecule has 1 aliphatic carbocycles. The van der Waals surface area contributed by atoms with Crippen molar-refractivity contribution in [1.29, 1.82) is 0 Å². The van der Waals surface area contributed by atoms with Crippen LogP contribution in [0.4, 0.5) is 0 Å². The van der Waals surface area contributed by atoms with Crippen LogP contribution in [0.2, 0.25) is 0 Å². The molecule has 0 unspecified atom stereocenters. The average molecular weight is 260 g/mol. The SMILES string of the molecule is Cc1c(C(=O)NC2CC2)csc1S(N)(=O)=O. The maximum absolute atomic E-state index is 11.7. The quantitative estimate of drug-likeness (QED) is 0.833. The highest BCUT2D eigenvalue weighted by atomic mass is 32.2. The third kappa shape index (κ3) is 2.26. The van der Waals surface area contributed by atoms with Crippen molar-refractivity contribution in [2.24, 2.45) is 5.14 Å². The van der Waals surface area contributed by atoms with E-state index in [0.29, 0.717) is 11.1 Å². The molecule has 1 saturated carbocycles. The van der Waals surface area contributed by atoms with Crippen molar-refractivity contribution in [1.82, 2.24) is 5.32 Å². The van der Waals surface area contributed by atoms with E-state index in [1.807, 2.05) is 0 Å². The Morgan fingerprint density at radius 2 is 2.19 bits per heavy atom. The van der Waals surface area contributed by atoms with Gasteiger partial charge in [-0.15, -0.1) is 11.3 Å². The molecule has 0 atom stereocenters. The summed E-state index contributed by atoms with van der Waals surface area (Å²) in [5.74, 6) is -0.217. The summed E-state index contributed by atoms with van der Waals surface area (Å²) in [6.45, 7) is 1.60. The van der Waals surface area contributed by atoms with Crippen molar-refractivity contribution < 1.29 is 13.2 Å². The lowest BCUT2D eigenvalue weighted by Gasteiger charge is -2.02. The molecule has 0 saturated heterocycles. The van der Waals surface area contributed by atoms with E-state index in [9.17, 15) is 13.2 Å². The normalized spacial score (nSPS) is 16.1. The summed E-state index contributed by atoms with van der Waals surface area (Å²) >= 11 is 0.985. The Morgan fingerprint density at radius 1 is 1.56 bits per heavy atom. The minimum absolute atomic E-state index is 0.0634. The summed E-state index contributed by atoms with van der Waals surface area (Å²) in [6, 6.07) is 0.254. The van der Waals surface area contributed by atoms with Crippen LogP contribution >= 0.6 is 11.3 Å². The van der Waals surface area contributed by atoms with Crippen molar-refractivity contribution in [2.75, 3.05) is 0 Å². The highest BCUT2D eigenvalue weighted by Gasteiger charge is 2.26. The van der Waals surface area contributed by atoms with Crippen LogP contribution in [0, 0.1) is 6.92 Å². The molecule has 0 aromatic carbocycles. The van der Waals surface area contributed by atoms with Crippen LogP contribution in [0.15, 0.2) is 9.59 Å². The molecule has 1 amide bonds. The van der Waals surface area contributed by atoms with Gasteiger partial charge in [0.1, 0.15) is 4.21 Å². The number of nitrogens with two attached hydrogens (primary N) is 1. The van der Waals surface area contributed by atoms with Crippen LogP contribution < -0.4 is 10.5 Å². The first kappa shape index (κ1) is 11.6. The molecule has 0 radical (unpaired) electrons. The summed E-state index contributed by atoms with van der Waals surface area (Å²) in [6.07, 6.45) is 1.99. The van der Waals surface area contributed by atoms with E-state index < -0.39 is 10.0 Å². The molecule has 1 fully saturated rings. The molecule has 1 heterocycles. The molecule has 1 aromatic rings. The van der Waals surface area contributed by atoms with Gasteiger partial charge in [0, 0.05) is 11.4 Å². The van der Waals surface area contributed by atoms with E-state index in [1.54, 1.807) is 6.92 Å². The zero-order valence-corrected chi connectivity index (χ0v) is 10.3. The first-order valence-corrected chi connectivity index (χ1v) is 7.24. The van der Waals surface area contributed by atoms with E-state index in [1.165, 1.54) is 5.38 Å². The molecule has 16 heavy (non-hydrogen) atoms. The fourth-order valence-corrected chi connectivity index (χ4v) is 3.41. The van der Waals surface area contributed by atoms with Crippen LogP contribution in [0.5, 0.6) is 0 Å². The Kier molecular flexibility index (Phi) is 2.77. The fourth-order valence-electron chi connectivity index (χ4n) is 1.39. The van der Waals surface area contributed by atoms with Gasteiger partial charge in [0.05, 0.1) is 5.56 Å². The van der Waals surface area contributed by atoms with Crippen LogP contribution in [0.1, 0.15) is 28.8 Å². The third-order valence-corrected chi connectivity index (χ3v) is 5.09. The molecular formula is C9H12N2O3S2. The molecule has 88 valence electrons. The Labute approximate surface area is 97.7 Å². The number of primary sulfonamides is 1. The van der Waals surface area contributed by atoms with E-state index in [2.05, 4.69) is 5.32 Å². The lowest BCUT2D eigenvalue weighted by molar-refractivity contribution is 0.0951. The second-order valence-electron chi connectivity index (χ2n) is 3.85. The van der Waals surface area contributed by atoms with Crippen molar-refractivity contribution >= 4 is 27.3 Å². The highest BCUT2D eigenvalue weighted by molar-refractivity contribution is 7.91. The lowest BCUT2D eigenvalue weighted by Crippen LogP contribution is -2.25. The Bertz CT molecular complexity index is 529. The van der Waals surface area contributed by atoms with Gasteiger partial charge in [-0.1, -0.05) is 0 Å². The molecule has 0 aliphatic heterocycles.